The van der Waals surface area contributed by atoms with Gasteiger partial charge in [0, 0.05) is 40.1 Å². The molecule has 0 bridgehead atoms. The zero-order valence-corrected chi connectivity index (χ0v) is 24.1. The number of likely N-dealkylation sites (tertiary alicyclic amines) is 1. The van der Waals surface area contributed by atoms with Gasteiger partial charge in [0.15, 0.2) is 5.82 Å². The molecule has 3 N–H and O–H groups in total. The van der Waals surface area contributed by atoms with E-state index in [0.717, 1.165) is 47.6 Å². The van der Waals surface area contributed by atoms with Crippen molar-refractivity contribution in [3.05, 3.63) is 66.6 Å². The van der Waals surface area contributed by atoms with Crippen molar-refractivity contribution in [2.24, 2.45) is 0 Å². The number of rotatable bonds is 9. The number of benzene rings is 2. The summed E-state index contributed by atoms with van der Waals surface area (Å²) in [6.07, 6.45) is 0.737. The molecule has 2 aromatic heterocycles. The van der Waals surface area contributed by atoms with Gasteiger partial charge in [-0.25, -0.2) is 9.97 Å². The third-order valence-corrected chi connectivity index (χ3v) is 7.74. The van der Waals surface area contributed by atoms with Crippen LogP contribution >= 0.6 is 11.9 Å². The number of aromatic nitrogens is 3. The van der Waals surface area contributed by atoms with Crippen LogP contribution in [0.25, 0.3) is 10.9 Å². The highest BCUT2D eigenvalue weighted by Crippen LogP contribution is 2.31. The monoisotopic (exact) mass is 595 g/mol. The highest BCUT2D eigenvalue weighted by atomic mass is 32.2. The average molecular weight is 596 g/mol. The zero-order chi connectivity index (χ0) is 29.5. The first-order chi connectivity index (χ1) is 20.3. The van der Waals surface area contributed by atoms with Crippen molar-refractivity contribution in [2.45, 2.75) is 36.5 Å². The molecular formula is C30H32F3N7OS. The van der Waals surface area contributed by atoms with Crippen LogP contribution in [0.4, 0.5) is 30.4 Å². The first-order valence-electron chi connectivity index (χ1n) is 13.5. The quantitative estimate of drug-likeness (QED) is 0.159. The summed E-state index contributed by atoms with van der Waals surface area (Å²) in [5.41, 5.74) is 2.53. The van der Waals surface area contributed by atoms with Crippen LogP contribution in [-0.2, 0) is 6.54 Å². The number of nitrogens with one attached hydrogen (secondary N) is 3. The van der Waals surface area contributed by atoms with Gasteiger partial charge in [-0.3, -0.25) is 0 Å². The molecule has 220 valence electrons. The molecule has 0 saturated carbocycles. The fourth-order valence-corrected chi connectivity index (χ4v) is 5.44. The summed E-state index contributed by atoms with van der Waals surface area (Å²) in [6.45, 7) is 1.15. The fourth-order valence-electron chi connectivity index (χ4n) is 4.81. The predicted octanol–water partition coefficient (Wildman–Crippen LogP) is 6.09. The maximum Gasteiger partial charge on any atom is 0.406 e. The summed E-state index contributed by atoms with van der Waals surface area (Å²) in [7, 11) is 3.63. The smallest absolute Gasteiger partial charge is 0.406 e. The Hall–Kier alpha value is -4.08. The molecule has 0 amide bonds. The number of halogens is 3. The van der Waals surface area contributed by atoms with E-state index in [1.807, 2.05) is 30.3 Å². The summed E-state index contributed by atoms with van der Waals surface area (Å²) in [5, 5.41) is 7.52. The molecule has 0 atom stereocenters. The number of ether oxygens (including phenoxy) is 1. The van der Waals surface area contributed by atoms with Crippen molar-refractivity contribution in [3.63, 3.8) is 0 Å². The number of methoxy groups -OCH3 is 1. The van der Waals surface area contributed by atoms with Crippen LogP contribution in [0.2, 0.25) is 0 Å². The average Bonchev–Trinajstić information content (AvgIpc) is 3.32. The van der Waals surface area contributed by atoms with Crippen molar-refractivity contribution in [3.8, 4) is 17.7 Å². The van der Waals surface area contributed by atoms with Crippen LogP contribution in [0.1, 0.15) is 18.5 Å². The number of hydrogen-bond donors (Lipinski definition) is 3. The lowest BCUT2D eigenvalue weighted by atomic mass is 10.0. The van der Waals surface area contributed by atoms with Crippen LogP contribution in [0.3, 0.4) is 0 Å². The Morgan fingerprint density at radius 2 is 1.83 bits per heavy atom. The van der Waals surface area contributed by atoms with E-state index >= 15 is 0 Å². The van der Waals surface area contributed by atoms with Crippen molar-refractivity contribution in [1.29, 1.82) is 0 Å². The molecule has 0 radical (unpaired) electrons. The van der Waals surface area contributed by atoms with Crippen LogP contribution in [0.5, 0.6) is 5.88 Å². The van der Waals surface area contributed by atoms with E-state index in [9.17, 15) is 13.2 Å². The van der Waals surface area contributed by atoms with E-state index in [4.69, 9.17) is 4.74 Å². The Morgan fingerprint density at radius 1 is 1.07 bits per heavy atom. The van der Waals surface area contributed by atoms with Gasteiger partial charge in [0.2, 0.25) is 0 Å². The molecule has 2 aromatic carbocycles. The van der Waals surface area contributed by atoms with E-state index in [-0.39, 0.29) is 12.6 Å². The van der Waals surface area contributed by atoms with Crippen molar-refractivity contribution in [2.75, 3.05) is 49.1 Å². The standard InChI is InChI=1S/C30H32F3N7OS/c1-39-17-12-22(13-18-39)37-26-6-3-7-27-25(26)19-23(40(27)20-30(31,32)33)5-4-14-34-21-8-10-24(11-9-21)42-38-28-29(41-2)36-16-15-35-28/h3,6-11,15-16,19,22,34,37H,12-14,17-18,20H2,1-2H3,(H,35,38). The van der Waals surface area contributed by atoms with Crippen molar-refractivity contribution in [1.82, 2.24) is 19.4 Å². The van der Waals surface area contributed by atoms with E-state index < -0.39 is 12.7 Å². The van der Waals surface area contributed by atoms with Gasteiger partial charge in [0.1, 0.15) is 6.54 Å². The lowest BCUT2D eigenvalue weighted by Crippen LogP contribution is -2.36. The molecule has 1 saturated heterocycles. The van der Waals surface area contributed by atoms with Crippen LogP contribution < -0.4 is 20.1 Å². The molecule has 3 heterocycles. The summed E-state index contributed by atoms with van der Waals surface area (Å²) >= 11 is 1.37. The summed E-state index contributed by atoms with van der Waals surface area (Å²) in [4.78, 5) is 11.5. The number of fused-ring (bicyclic) bond motifs is 1. The van der Waals surface area contributed by atoms with Gasteiger partial charge in [-0.15, -0.1) is 0 Å². The molecular weight excluding hydrogens is 563 g/mol. The Balaban J connectivity index is 1.26. The third kappa shape index (κ3) is 7.60. The number of anilines is 3. The van der Waals surface area contributed by atoms with Gasteiger partial charge >= 0.3 is 6.18 Å². The minimum absolute atomic E-state index is 0.274. The molecule has 1 fully saturated rings. The molecule has 1 aliphatic heterocycles. The molecule has 12 heteroatoms. The number of piperidine rings is 1. The van der Waals surface area contributed by atoms with Crippen molar-refractivity contribution < 1.29 is 17.9 Å². The number of hydrogen-bond acceptors (Lipinski definition) is 8. The van der Waals surface area contributed by atoms with E-state index in [1.54, 1.807) is 30.6 Å². The molecule has 4 aromatic rings. The molecule has 42 heavy (non-hydrogen) atoms. The SMILES string of the molecule is COc1nccnc1NSc1ccc(NCC#Cc2cc3c(NC4CCN(C)CC4)cccc3n2CC(F)(F)F)cc1. The minimum atomic E-state index is -4.37. The topological polar surface area (TPSA) is 79.3 Å². The fraction of sp³-hybridized carbons (Fsp3) is 0.333. The molecule has 1 aliphatic rings. The van der Waals surface area contributed by atoms with Crippen LogP contribution in [0, 0.1) is 11.8 Å². The second-order valence-corrected chi connectivity index (χ2v) is 10.9. The van der Waals surface area contributed by atoms with E-state index in [1.165, 1.54) is 23.6 Å². The Kier molecular flexibility index (Phi) is 9.29. The number of alkyl halides is 3. The molecule has 5 rings (SSSR count). The lowest BCUT2D eigenvalue weighted by molar-refractivity contribution is -0.140. The molecule has 8 nitrogen and oxygen atoms in total. The maximum atomic E-state index is 13.5. The van der Waals surface area contributed by atoms with Gasteiger partial charge in [-0.2, -0.15) is 13.2 Å². The Labute approximate surface area is 247 Å². The highest BCUT2D eigenvalue weighted by molar-refractivity contribution is 8.00. The first kappa shape index (κ1) is 29.4. The van der Waals surface area contributed by atoms with E-state index in [2.05, 4.69) is 49.1 Å². The zero-order valence-electron chi connectivity index (χ0n) is 23.3. The van der Waals surface area contributed by atoms with Gasteiger partial charge < -0.3 is 29.6 Å². The van der Waals surface area contributed by atoms with Crippen LogP contribution in [-0.4, -0.2) is 65.4 Å². The Morgan fingerprint density at radius 3 is 2.57 bits per heavy atom. The van der Waals surface area contributed by atoms with Crippen molar-refractivity contribution >= 4 is 40.0 Å². The second-order valence-electron chi connectivity index (χ2n) is 9.99. The highest BCUT2D eigenvalue weighted by Gasteiger charge is 2.30. The first-order valence-corrected chi connectivity index (χ1v) is 14.4. The van der Waals surface area contributed by atoms with Gasteiger partial charge in [0.05, 0.1) is 24.9 Å². The van der Waals surface area contributed by atoms with Gasteiger partial charge in [-0.1, -0.05) is 12.0 Å². The van der Waals surface area contributed by atoms with Gasteiger partial charge in [-0.05, 0) is 93.3 Å². The minimum Gasteiger partial charge on any atom is -0.478 e. The summed E-state index contributed by atoms with van der Waals surface area (Å²) < 4.78 is 50.2. The lowest BCUT2D eigenvalue weighted by Gasteiger charge is -2.30. The maximum absolute atomic E-state index is 13.5. The second kappa shape index (κ2) is 13.3. The van der Waals surface area contributed by atoms with Gasteiger partial charge in [0.25, 0.3) is 5.88 Å². The summed E-state index contributed by atoms with van der Waals surface area (Å²) in [6, 6.07) is 15.2. The molecule has 0 aliphatic carbocycles. The molecule has 0 unspecified atom stereocenters. The largest absolute Gasteiger partial charge is 0.478 e. The predicted molar refractivity (Wildman–Crippen MR) is 162 cm³/mol. The number of nitrogens with zero attached hydrogens (tertiary/aromatic N) is 4. The third-order valence-electron chi connectivity index (χ3n) is 6.94. The van der Waals surface area contributed by atoms with Crippen LogP contribution in [0.15, 0.2) is 65.8 Å². The molecule has 0 spiro atoms. The normalized spacial score (nSPS) is 14.3. The Bertz CT molecular complexity index is 1560. The summed E-state index contributed by atoms with van der Waals surface area (Å²) in [5.74, 6) is 6.89. The van der Waals surface area contributed by atoms with E-state index in [0.29, 0.717) is 22.9 Å².